The molecule has 0 heterocycles. The van der Waals surface area contributed by atoms with Crippen molar-refractivity contribution in [2.45, 2.75) is 32.9 Å². The molecule has 44 heavy (non-hydrogen) atoms. The van der Waals surface area contributed by atoms with Gasteiger partial charge in [-0.2, -0.15) is 0 Å². The second-order valence-corrected chi connectivity index (χ2v) is 12.9. The van der Waals surface area contributed by atoms with Crippen LogP contribution in [0.2, 0.25) is 0 Å². The number of non-ortho nitro benzene ring substituents is 2. The van der Waals surface area contributed by atoms with Crippen molar-refractivity contribution >= 4 is 37.1 Å². The van der Waals surface area contributed by atoms with Crippen LogP contribution in [0.1, 0.15) is 18.1 Å². The molecular formula is C30H26N2O10S2. The lowest BCUT2D eigenvalue weighted by molar-refractivity contribution is -0.385. The van der Waals surface area contributed by atoms with Gasteiger partial charge in [0.1, 0.15) is 11.5 Å². The van der Waals surface area contributed by atoms with Crippen LogP contribution in [0.5, 0.6) is 11.5 Å². The van der Waals surface area contributed by atoms with E-state index in [9.17, 15) is 47.3 Å². The van der Waals surface area contributed by atoms with Crippen molar-refractivity contribution in [3.8, 4) is 11.5 Å². The number of hydrogen-bond donors (Lipinski definition) is 2. The van der Waals surface area contributed by atoms with E-state index in [4.69, 9.17) is 0 Å². The Labute approximate surface area is 253 Å². The fourth-order valence-electron chi connectivity index (χ4n) is 3.83. The molecule has 14 heteroatoms. The van der Waals surface area contributed by atoms with Crippen molar-refractivity contribution in [1.29, 1.82) is 0 Å². The molecule has 0 atom stereocenters. The number of hydrogen-bond acceptors (Lipinski definition) is 10. The van der Waals surface area contributed by atoms with E-state index in [1.54, 1.807) is 25.2 Å². The molecule has 228 valence electrons. The highest BCUT2D eigenvalue weighted by Crippen LogP contribution is 2.29. The van der Waals surface area contributed by atoms with Crippen LogP contribution < -0.4 is 0 Å². The summed E-state index contributed by atoms with van der Waals surface area (Å²) >= 11 is 0. The van der Waals surface area contributed by atoms with Crippen molar-refractivity contribution in [2.75, 3.05) is 0 Å². The van der Waals surface area contributed by atoms with E-state index in [1.807, 2.05) is 0 Å². The Morgan fingerprint density at radius 3 is 1.50 bits per heavy atom. The highest BCUT2D eigenvalue weighted by Gasteiger charge is 2.21. The first-order valence-corrected chi connectivity index (χ1v) is 15.6. The van der Waals surface area contributed by atoms with Crippen molar-refractivity contribution in [3.05, 3.63) is 135 Å². The number of aromatic hydroxyl groups is 2. The molecule has 0 amide bonds. The number of allylic oxidation sites excluding steroid dienone is 2. The second-order valence-electron chi connectivity index (χ2n) is 9.01. The van der Waals surface area contributed by atoms with Gasteiger partial charge in [0, 0.05) is 29.8 Å². The third-order valence-electron chi connectivity index (χ3n) is 6.10. The van der Waals surface area contributed by atoms with Crippen LogP contribution >= 0.6 is 0 Å². The summed E-state index contributed by atoms with van der Waals surface area (Å²) in [6, 6.07) is 17.2. The molecule has 4 aromatic carbocycles. The molecule has 0 bridgehead atoms. The smallest absolute Gasteiger partial charge is 0.269 e. The highest BCUT2D eigenvalue weighted by molar-refractivity contribution is 7.91. The number of nitrogens with zero attached hydrogens (tertiary/aromatic N) is 2. The summed E-state index contributed by atoms with van der Waals surface area (Å²) in [7, 11) is -7.61. The average molecular weight is 639 g/mol. The first-order valence-electron chi connectivity index (χ1n) is 12.6. The molecule has 0 aromatic heterocycles. The summed E-state index contributed by atoms with van der Waals surface area (Å²) < 4.78 is 50.0. The van der Waals surface area contributed by atoms with Gasteiger partial charge in [-0.25, -0.2) is 16.8 Å². The van der Waals surface area contributed by atoms with Gasteiger partial charge in [-0.05, 0) is 79.6 Å². The molecule has 0 unspecified atom stereocenters. The largest absolute Gasteiger partial charge is 0.508 e. The van der Waals surface area contributed by atoms with Gasteiger partial charge in [-0.3, -0.25) is 20.2 Å². The summed E-state index contributed by atoms with van der Waals surface area (Å²) in [5.41, 5.74) is 0.458. The lowest BCUT2D eigenvalue weighted by Crippen LogP contribution is -2.03. The van der Waals surface area contributed by atoms with E-state index >= 15 is 0 Å². The molecule has 0 fully saturated rings. The first kappa shape index (κ1) is 33.2. The minimum absolute atomic E-state index is 0.00672. The van der Waals surface area contributed by atoms with Gasteiger partial charge in [-0.15, -0.1) is 6.58 Å². The number of benzene rings is 4. The van der Waals surface area contributed by atoms with E-state index in [0.29, 0.717) is 17.5 Å². The Balaban J connectivity index is 0.000000240. The number of phenols is 2. The van der Waals surface area contributed by atoms with Crippen molar-refractivity contribution in [1.82, 2.24) is 0 Å². The van der Waals surface area contributed by atoms with Gasteiger partial charge in [0.05, 0.1) is 29.4 Å². The maximum atomic E-state index is 12.5. The number of sulfone groups is 2. The van der Waals surface area contributed by atoms with E-state index in [0.717, 1.165) is 24.3 Å². The summed E-state index contributed by atoms with van der Waals surface area (Å²) in [4.78, 5) is 19.9. The zero-order valence-corrected chi connectivity index (χ0v) is 24.7. The summed E-state index contributed by atoms with van der Waals surface area (Å²) in [6.07, 6.45) is 5.15. The quantitative estimate of drug-likeness (QED) is 0.124. The van der Waals surface area contributed by atoms with Crippen LogP contribution in [0.3, 0.4) is 0 Å². The van der Waals surface area contributed by atoms with E-state index < -0.39 is 29.5 Å². The Bertz CT molecular complexity index is 1950. The SMILES string of the molecule is C=CCc1cc(S(=O)(=O)c2ccc([N+](=O)[O-])cc2)ccc1O.CC=Cc1cc(S(=O)(=O)c2ccc([N+](=O)[O-])cc2)ccc1O. The molecule has 0 saturated heterocycles. The molecule has 0 radical (unpaired) electrons. The maximum Gasteiger partial charge on any atom is 0.269 e. The standard InChI is InChI=1S/2C15H13NO5S/c2*1-2-3-11-10-14(8-9-15(11)17)22(20,21)13-6-4-12(5-7-13)16(18)19/h2-10,17H,1H3;2,4-10,17H,1,3H2. The van der Waals surface area contributed by atoms with E-state index in [2.05, 4.69) is 6.58 Å². The number of nitro groups is 2. The second kappa shape index (κ2) is 13.8. The van der Waals surface area contributed by atoms with E-state index in [1.165, 1.54) is 60.7 Å². The first-order chi connectivity index (χ1) is 20.7. The Morgan fingerprint density at radius 2 is 1.09 bits per heavy atom. The van der Waals surface area contributed by atoms with Gasteiger partial charge < -0.3 is 10.2 Å². The lowest BCUT2D eigenvalue weighted by Gasteiger charge is -2.08. The number of nitro benzene ring substituents is 2. The summed E-state index contributed by atoms with van der Waals surface area (Å²) in [5.74, 6) is -0.0386. The third-order valence-corrected chi connectivity index (χ3v) is 9.63. The Hall–Kier alpha value is -5.34. The fraction of sp³-hybridized carbons (Fsp3) is 0.0667. The normalized spacial score (nSPS) is 11.4. The topological polar surface area (TPSA) is 195 Å². The van der Waals surface area contributed by atoms with Crippen LogP contribution in [-0.4, -0.2) is 36.9 Å². The molecule has 0 aliphatic heterocycles. The molecular weight excluding hydrogens is 612 g/mol. The predicted molar refractivity (Wildman–Crippen MR) is 162 cm³/mol. The lowest BCUT2D eigenvalue weighted by atomic mass is 10.1. The summed E-state index contributed by atoms with van der Waals surface area (Å²) in [5, 5.41) is 40.6. The van der Waals surface area contributed by atoms with Crippen molar-refractivity contribution < 1.29 is 36.9 Å². The molecule has 0 saturated carbocycles. The number of phenolic OH excluding ortho intramolecular Hbond substituents is 2. The van der Waals surface area contributed by atoms with Gasteiger partial charge in [0.2, 0.25) is 19.7 Å². The minimum atomic E-state index is -3.81. The summed E-state index contributed by atoms with van der Waals surface area (Å²) in [6.45, 7) is 5.30. The van der Waals surface area contributed by atoms with Crippen molar-refractivity contribution in [2.24, 2.45) is 0 Å². The zero-order valence-electron chi connectivity index (χ0n) is 23.1. The highest BCUT2D eigenvalue weighted by atomic mass is 32.2. The third kappa shape index (κ3) is 7.53. The van der Waals surface area contributed by atoms with Crippen LogP contribution in [-0.2, 0) is 26.1 Å². The van der Waals surface area contributed by atoms with Crippen LogP contribution in [0.25, 0.3) is 6.08 Å². The van der Waals surface area contributed by atoms with Crippen LogP contribution in [0, 0.1) is 20.2 Å². The Kier molecular flexibility index (Phi) is 10.4. The molecule has 0 aliphatic rings. The monoisotopic (exact) mass is 638 g/mol. The molecule has 0 aliphatic carbocycles. The Morgan fingerprint density at radius 1 is 0.682 bits per heavy atom. The van der Waals surface area contributed by atoms with Crippen LogP contribution in [0.4, 0.5) is 11.4 Å². The minimum Gasteiger partial charge on any atom is -0.508 e. The van der Waals surface area contributed by atoms with Crippen molar-refractivity contribution in [3.63, 3.8) is 0 Å². The van der Waals surface area contributed by atoms with E-state index in [-0.39, 0.29) is 42.5 Å². The van der Waals surface area contributed by atoms with Gasteiger partial charge in [-0.1, -0.05) is 18.2 Å². The molecule has 4 aromatic rings. The number of rotatable bonds is 9. The fourth-order valence-corrected chi connectivity index (χ4v) is 6.43. The van der Waals surface area contributed by atoms with Crippen LogP contribution in [0.15, 0.2) is 123 Å². The van der Waals surface area contributed by atoms with Gasteiger partial charge in [0.15, 0.2) is 0 Å². The molecule has 4 rings (SSSR count). The molecule has 12 nitrogen and oxygen atoms in total. The maximum absolute atomic E-state index is 12.5. The van der Waals surface area contributed by atoms with Gasteiger partial charge in [0.25, 0.3) is 11.4 Å². The molecule has 2 N–H and O–H groups in total. The average Bonchev–Trinajstić information content (AvgIpc) is 3.00. The molecule has 0 spiro atoms. The van der Waals surface area contributed by atoms with Gasteiger partial charge >= 0.3 is 0 Å². The predicted octanol–water partition coefficient (Wildman–Crippen LogP) is 6.03. The zero-order chi connectivity index (χ0) is 32.7.